The van der Waals surface area contributed by atoms with E-state index < -0.39 is 0 Å². The second-order valence-corrected chi connectivity index (χ2v) is 7.08. The van der Waals surface area contributed by atoms with Crippen molar-refractivity contribution in [1.82, 2.24) is 14.7 Å². The van der Waals surface area contributed by atoms with E-state index in [2.05, 4.69) is 14.7 Å². The van der Waals surface area contributed by atoms with Gasteiger partial charge in [0, 0.05) is 25.0 Å². The third kappa shape index (κ3) is 5.34. The average molecular weight is 384 g/mol. The fourth-order valence-electron chi connectivity index (χ4n) is 2.65. The molecule has 0 saturated carbocycles. The van der Waals surface area contributed by atoms with Gasteiger partial charge in [-0.05, 0) is 30.2 Å². The molecule has 1 amide bonds. The zero-order valence-electron chi connectivity index (χ0n) is 15.2. The van der Waals surface area contributed by atoms with Gasteiger partial charge in [0.15, 0.2) is 0 Å². The van der Waals surface area contributed by atoms with Crippen molar-refractivity contribution in [2.45, 2.75) is 19.4 Å². The number of hydrogen-bond acceptors (Lipinski definition) is 5. The summed E-state index contributed by atoms with van der Waals surface area (Å²) in [5, 5.41) is 3.66. The van der Waals surface area contributed by atoms with Crippen molar-refractivity contribution >= 4 is 22.6 Å². The number of likely N-dealkylation sites (N-methyl/N-ethyl adjacent to an activating group) is 1. The second-order valence-electron chi connectivity index (χ2n) is 6.35. The first-order chi connectivity index (χ1) is 13.0. The van der Waals surface area contributed by atoms with Gasteiger partial charge in [-0.25, -0.2) is 9.37 Å². The van der Waals surface area contributed by atoms with Gasteiger partial charge in [0.05, 0.1) is 12.6 Å². The summed E-state index contributed by atoms with van der Waals surface area (Å²) in [6.07, 6.45) is 0.530. The molecule has 27 heavy (non-hydrogen) atoms. The van der Waals surface area contributed by atoms with Gasteiger partial charge in [-0.3, -0.25) is 4.79 Å². The Hall–Kier alpha value is -2.80. The van der Waals surface area contributed by atoms with E-state index in [1.807, 2.05) is 44.3 Å². The van der Waals surface area contributed by atoms with Gasteiger partial charge in [0.1, 0.15) is 11.6 Å². The molecule has 3 rings (SSSR count). The Morgan fingerprint density at radius 1 is 1.19 bits per heavy atom. The molecule has 140 valence electrons. The molecule has 1 heterocycles. The van der Waals surface area contributed by atoms with Gasteiger partial charge in [-0.1, -0.05) is 42.5 Å². The predicted octanol–water partition coefficient (Wildman–Crippen LogP) is 3.58. The Bertz CT molecular complexity index is 883. The highest BCUT2D eigenvalue weighted by Gasteiger charge is 2.15. The SMILES string of the molecule is C[C@H](NC(=O)CN(C)c1nc(Cc2ccc(F)cc2)ns1)c1ccccc1. The van der Waals surface area contributed by atoms with Crippen molar-refractivity contribution in [1.29, 1.82) is 0 Å². The molecule has 0 bridgehead atoms. The van der Waals surface area contributed by atoms with Gasteiger partial charge in [0.2, 0.25) is 11.0 Å². The standard InChI is InChI=1S/C20H21FN4OS/c1-14(16-6-4-3-5-7-16)22-19(26)13-25(2)20-23-18(24-27-20)12-15-8-10-17(21)11-9-15/h3-11,14H,12-13H2,1-2H3,(H,22,26)/t14-/m0/s1. The largest absolute Gasteiger partial charge is 0.348 e. The molecule has 1 N–H and O–H groups in total. The molecule has 0 aliphatic carbocycles. The number of carbonyl (C=O) groups excluding carboxylic acids is 1. The summed E-state index contributed by atoms with van der Waals surface area (Å²) in [6.45, 7) is 2.15. The molecule has 2 aromatic carbocycles. The number of amides is 1. The Kier molecular flexibility index (Phi) is 6.13. The Morgan fingerprint density at radius 3 is 2.59 bits per heavy atom. The minimum absolute atomic E-state index is 0.0597. The number of carbonyl (C=O) groups is 1. The number of halogens is 1. The molecule has 1 aromatic heterocycles. The molecule has 3 aromatic rings. The number of anilines is 1. The Morgan fingerprint density at radius 2 is 1.89 bits per heavy atom. The van der Waals surface area contributed by atoms with Crippen molar-refractivity contribution in [2.75, 3.05) is 18.5 Å². The summed E-state index contributed by atoms with van der Waals surface area (Å²) in [6, 6.07) is 16.1. The van der Waals surface area contributed by atoms with Crippen LogP contribution >= 0.6 is 11.5 Å². The van der Waals surface area contributed by atoms with E-state index in [9.17, 15) is 9.18 Å². The van der Waals surface area contributed by atoms with E-state index in [0.717, 1.165) is 11.1 Å². The van der Waals surface area contributed by atoms with E-state index in [0.29, 0.717) is 17.4 Å². The van der Waals surface area contributed by atoms with Gasteiger partial charge >= 0.3 is 0 Å². The van der Waals surface area contributed by atoms with Crippen LogP contribution in [0.4, 0.5) is 9.52 Å². The van der Waals surface area contributed by atoms with E-state index in [1.54, 1.807) is 17.0 Å². The fourth-order valence-corrected chi connectivity index (χ4v) is 3.29. The van der Waals surface area contributed by atoms with Crippen LogP contribution in [-0.2, 0) is 11.2 Å². The molecule has 0 fully saturated rings. The number of hydrogen-bond donors (Lipinski definition) is 1. The van der Waals surface area contributed by atoms with E-state index >= 15 is 0 Å². The first kappa shape index (κ1) is 19.0. The summed E-state index contributed by atoms with van der Waals surface area (Å²) < 4.78 is 17.3. The maximum absolute atomic E-state index is 13.0. The molecule has 0 aliphatic heterocycles. The summed E-state index contributed by atoms with van der Waals surface area (Å²) in [4.78, 5) is 18.6. The van der Waals surface area contributed by atoms with Crippen LogP contribution in [0.3, 0.4) is 0 Å². The quantitative estimate of drug-likeness (QED) is 0.676. The van der Waals surface area contributed by atoms with Crippen molar-refractivity contribution in [3.05, 3.63) is 77.4 Å². The molecule has 0 radical (unpaired) electrons. The highest BCUT2D eigenvalue weighted by molar-refractivity contribution is 7.09. The highest BCUT2D eigenvalue weighted by atomic mass is 32.1. The van der Waals surface area contributed by atoms with E-state index in [1.165, 1.54) is 23.7 Å². The predicted molar refractivity (Wildman–Crippen MR) is 105 cm³/mol. The maximum Gasteiger partial charge on any atom is 0.240 e. The van der Waals surface area contributed by atoms with Crippen molar-refractivity contribution in [2.24, 2.45) is 0 Å². The molecule has 0 unspecified atom stereocenters. The lowest BCUT2D eigenvalue weighted by Gasteiger charge is -2.18. The number of nitrogens with zero attached hydrogens (tertiary/aromatic N) is 3. The molecule has 0 aliphatic rings. The molecule has 5 nitrogen and oxygen atoms in total. The molecule has 7 heteroatoms. The van der Waals surface area contributed by atoms with Crippen molar-refractivity contribution < 1.29 is 9.18 Å². The first-order valence-electron chi connectivity index (χ1n) is 8.64. The Balaban J connectivity index is 1.55. The lowest BCUT2D eigenvalue weighted by atomic mass is 10.1. The normalized spacial score (nSPS) is 11.8. The number of benzene rings is 2. The van der Waals surface area contributed by atoms with Crippen molar-refractivity contribution in [3.63, 3.8) is 0 Å². The number of rotatable bonds is 7. The molecule has 1 atom stereocenters. The lowest BCUT2D eigenvalue weighted by Crippen LogP contribution is -2.36. The van der Waals surface area contributed by atoms with Crippen LogP contribution < -0.4 is 10.2 Å². The van der Waals surface area contributed by atoms with Gasteiger partial charge in [-0.2, -0.15) is 4.37 Å². The van der Waals surface area contributed by atoms with Crippen LogP contribution in [0, 0.1) is 5.82 Å². The summed E-state index contributed by atoms with van der Waals surface area (Å²) in [7, 11) is 1.81. The second kappa shape index (κ2) is 8.73. The van der Waals surface area contributed by atoms with E-state index in [4.69, 9.17) is 0 Å². The lowest BCUT2D eigenvalue weighted by molar-refractivity contribution is -0.120. The van der Waals surface area contributed by atoms with Gasteiger partial charge in [0.25, 0.3) is 0 Å². The zero-order valence-corrected chi connectivity index (χ0v) is 16.0. The van der Waals surface area contributed by atoms with Crippen LogP contribution in [-0.4, -0.2) is 28.9 Å². The summed E-state index contributed by atoms with van der Waals surface area (Å²) >= 11 is 1.25. The highest BCUT2D eigenvalue weighted by Crippen LogP contribution is 2.18. The topological polar surface area (TPSA) is 58.1 Å². The van der Waals surface area contributed by atoms with Crippen LogP contribution in [0.15, 0.2) is 54.6 Å². The molecule has 0 saturated heterocycles. The number of aromatic nitrogens is 2. The molecular weight excluding hydrogens is 363 g/mol. The third-order valence-electron chi connectivity index (χ3n) is 4.12. The van der Waals surface area contributed by atoms with Gasteiger partial charge < -0.3 is 10.2 Å². The van der Waals surface area contributed by atoms with E-state index in [-0.39, 0.29) is 24.3 Å². The summed E-state index contributed by atoms with van der Waals surface area (Å²) in [5.74, 6) is 0.316. The van der Waals surface area contributed by atoms with Crippen LogP contribution in [0.25, 0.3) is 0 Å². The van der Waals surface area contributed by atoms with Gasteiger partial charge in [-0.15, -0.1) is 0 Å². The monoisotopic (exact) mass is 384 g/mol. The zero-order chi connectivity index (χ0) is 19.2. The Labute approximate surface area is 162 Å². The minimum Gasteiger partial charge on any atom is -0.348 e. The smallest absolute Gasteiger partial charge is 0.240 e. The van der Waals surface area contributed by atoms with Crippen molar-refractivity contribution in [3.8, 4) is 0 Å². The summed E-state index contributed by atoms with van der Waals surface area (Å²) in [5.41, 5.74) is 2.00. The van der Waals surface area contributed by atoms with Crippen LogP contribution in [0.1, 0.15) is 29.9 Å². The fraction of sp³-hybridized carbons (Fsp3) is 0.250. The minimum atomic E-state index is -0.263. The molecule has 0 spiro atoms. The maximum atomic E-state index is 13.0. The van der Waals surface area contributed by atoms with Crippen LogP contribution in [0.2, 0.25) is 0 Å². The average Bonchev–Trinajstić information content (AvgIpc) is 3.13. The van der Waals surface area contributed by atoms with Crippen LogP contribution in [0.5, 0.6) is 0 Å². The number of nitrogens with one attached hydrogen (secondary N) is 1. The third-order valence-corrected chi connectivity index (χ3v) is 4.99. The molecular formula is C20H21FN4OS. The first-order valence-corrected chi connectivity index (χ1v) is 9.41.